The fourth-order valence-corrected chi connectivity index (χ4v) is 1.40. The third kappa shape index (κ3) is 2.67. The maximum absolute atomic E-state index is 4.86. The molecule has 3 heteroatoms. The van der Waals surface area contributed by atoms with Gasteiger partial charge in [-0.1, -0.05) is 35.5 Å². The van der Waals surface area contributed by atoms with Gasteiger partial charge in [0, 0.05) is 18.7 Å². The molecule has 0 spiro atoms. The first-order valence-electron chi connectivity index (χ1n) is 5.01. The third-order valence-corrected chi connectivity index (χ3v) is 2.31. The first-order chi connectivity index (χ1) is 7.36. The molecule has 0 aliphatic rings. The van der Waals surface area contributed by atoms with Gasteiger partial charge in [-0.15, -0.1) is 0 Å². The van der Waals surface area contributed by atoms with Crippen LogP contribution < -0.4 is 5.32 Å². The Bertz CT molecular complexity index is 409. The molecule has 1 aromatic heterocycles. The fraction of sp³-hybridized carbons (Fsp3) is 0.250. The Kier molecular flexibility index (Phi) is 3.15. The molecule has 0 atom stereocenters. The normalized spacial score (nSPS) is 10.5. The van der Waals surface area contributed by atoms with Crippen LogP contribution in [0.3, 0.4) is 0 Å². The minimum atomic E-state index is 0.747. The molecule has 0 unspecified atom stereocenters. The average Bonchev–Trinajstić information content (AvgIpc) is 2.66. The largest absolute Gasteiger partial charge is 0.364 e. The van der Waals surface area contributed by atoms with Crippen molar-refractivity contribution in [3.8, 4) is 0 Å². The molecular formula is C12H14N2O. The molecule has 2 rings (SSSR count). The van der Waals surface area contributed by atoms with Crippen LogP contribution in [0.25, 0.3) is 0 Å². The number of nitrogens with zero attached hydrogens (tertiary/aromatic N) is 1. The number of rotatable bonds is 4. The van der Waals surface area contributed by atoms with Gasteiger partial charge in [0.1, 0.15) is 12.0 Å². The average molecular weight is 202 g/mol. The number of nitrogens with one attached hydrogen (secondary N) is 1. The molecule has 0 aliphatic carbocycles. The minimum Gasteiger partial charge on any atom is -0.364 e. The van der Waals surface area contributed by atoms with E-state index in [9.17, 15) is 0 Å². The Morgan fingerprint density at radius 2 is 2.00 bits per heavy atom. The first kappa shape index (κ1) is 9.93. The highest BCUT2D eigenvalue weighted by Gasteiger charge is 2.01. The van der Waals surface area contributed by atoms with Gasteiger partial charge in [0.25, 0.3) is 0 Å². The van der Waals surface area contributed by atoms with Crippen molar-refractivity contribution in [2.24, 2.45) is 0 Å². The van der Waals surface area contributed by atoms with E-state index in [1.54, 1.807) is 6.26 Å². The van der Waals surface area contributed by atoms with E-state index >= 15 is 0 Å². The standard InChI is InChI=1S/C12H14N2O/c1-10-9-15-14-12(10)8-13-7-11-5-3-2-4-6-11/h2-6,9,13H,7-8H2,1H3. The molecule has 0 amide bonds. The molecule has 0 radical (unpaired) electrons. The Morgan fingerprint density at radius 1 is 1.20 bits per heavy atom. The van der Waals surface area contributed by atoms with E-state index in [0.29, 0.717) is 0 Å². The van der Waals surface area contributed by atoms with Crippen LogP contribution >= 0.6 is 0 Å². The molecule has 2 aromatic rings. The van der Waals surface area contributed by atoms with Crippen molar-refractivity contribution in [2.45, 2.75) is 20.0 Å². The van der Waals surface area contributed by atoms with Gasteiger partial charge in [-0.3, -0.25) is 0 Å². The summed E-state index contributed by atoms with van der Waals surface area (Å²) < 4.78 is 4.86. The topological polar surface area (TPSA) is 38.1 Å². The van der Waals surface area contributed by atoms with Crippen molar-refractivity contribution in [3.63, 3.8) is 0 Å². The Labute approximate surface area is 89.1 Å². The third-order valence-electron chi connectivity index (χ3n) is 2.31. The summed E-state index contributed by atoms with van der Waals surface area (Å²) in [4.78, 5) is 0. The van der Waals surface area contributed by atoms with Crippen LogP contribution in [0, 0.1) is 6.92 Å². The minimum absolute atomic E-state index is 0.747. The highest BCUT2D eigenvalue weighted by Crippen LogP contribution is 2.04. The first-order valence-corrected chi connectivity index (χ1v) is 5.01. The molecule has 0 aliphatic heterocycles. The summed E-state index contributed by atoms with van der Waals surface area (Å²) in [6.45, 7) is 3.60. The molecule has 1 heterocycles. The predicted octanol–water partition coefficient (Wildman–Crippen LogP) is 2.27. The number of hydrogen-bond acceptors (Lipinski definition) is 3. The number of aromatic nitrogens is 1. The van der Waals surface area contributed by atoms with Gasteiger partial charge in [0.2, 0.25) is 0 Å². The van der Waals surface area contributed by atoms with Crippen molar-refractivity contribution in [2.75, 3.05) is 0 Å². The van der Waals surface area contributed by atoms with E-state index in [-0.39, 0.29) is 0 Å². The zero-order valence-electron chi connectivity index (χ0n) is 8.73. The Hall–Kier alpha value is -1.61. The quantitative estimate of drug-likeness (QED) is 0.826. The zero-order valence-corrected chi connectivity index (χ0v) is 8.73. The molecule has 1 N–H and O–H groups in total. The maximum Gasteiger partial charge on any atom is 0.127 e. The maximum atomic E-state index is 4.86. The van der Waals surface area contributed by atoms with Crippen molar-refractivity contribution in [1.82, 2.24) is 10.5 Å². The van der Waals surface area contributed by atoms with Crippen LogP contribution in [-0.4, -0.2) is 5.16 Å². The highest BCUT2D eigenvalue weighted by molar-refractivity contribution is 5.15. The van der Waals surface area contributed by atoms with Gasteiger partial charge in [-0.25, -0.2) is 0 Å². The van der Waals surface area contributed by atoms with E-state index in [2.05, 4.69) is 22.6 Å². The lowest BCUT2D eigenvalue weighted by Crippen LogP contribution is -2.13. The molecule has 78 valence electrons. The van der Waals surface area contributed by atoms with Gasteiger partial charge < -0.3 is 9.84 Å². The molecule has 3 nitrogen and oxygen atoms in total. The number of benzene rings is 1. The molecule has 0 saturated heterocycles. The van der Waals surface area contributed by atoms with Gasteiger partial charge in [-0.05, 0) is 12.5 Å². The highest BCUT2D eigenvalue weighted by atomic mass is 16.5. The smallest absolute Gasteiger partial charge is 0.127 e. The summed E-state index contributed by atoms with van der Waals surface area (Å²) in [5.41, 5.74) is 3.35. The van der Waals surface area contributed by atoms with Crippen LogP contribution in [-0.2, 0) is 13.1 Å². The second kappa shape index (κ2) is 4.75. The molecule has 0 saturated carbocycles. The summed E-state index contributed by atoms with van der Waals surface area (Å²) in [5, 5.41) is 7.23. The lowest BCUT2D eigenvalue weighted by Gasteiger charge is -2.02. The second-order valence-corrected chi connectivity index (χ2v) is 3.53. The number of hydrogen-bond donors (Lipinski definition) is 1. The van der Waals surface area contributed by atoms with Crippen LogP contribution in [0.4, 0.5) is 0 Å². The van der Waals surface area contributed by atoms with Crippen LogP contribution in [0.15, 0.2) is 41.1 Å². The van der Waals surface area contributed by atoms with Gasteiger partial charge in [0.05, 0.1) is 0 Å². The molecule has 1 aromatic carbocycles. The molecule has 0 fully saturated rings. The van der Waals surface area contributed by atoms with Gasteiger partial charge >= 0.3 is 0 Å². The lowest BCUT2D eigenvalue weighted by molar-refractivity contribution is 0.408. The van der Waals surface area contributed by atoms with E-state index < -0.39 is 0 Å². The van der Waals surface area contributed by atoms with Crippen LogP contribution in [0.2, 0.25) is 0 Å². The van der Waals surface area contributed by atoms with E-state index in [1.165, 1.54) is 5.56 Å². The summed E-state index contributed by atoms with van der Waals surface area (Å²) in [7, 11) is 0. The summed E-state index contributed by atoms with van der Waals surface area (Å²) in [6, 6.07) is 10.3. The van der Waals surface area contributed by atoms with Crippen molar-refractivity contribution in [3.05, 3.63) is 53.4 Å². The molecular weight excluding hydrogens is 188 g/mol. The van der Waals surface area contributed by atoms with E-state index in [4.69, 9.17) is 4.52 Å². The van der Waals surface area contributed by atoms with Gasteiger partial charge in [0.15, 0.2) is 0 Å². The predicted molar refractivity (Wildman–Crippen MR) is 58.2 cm³/mol. The summed E-state index contributed by atoms with van der Waals surface area (Å²) in [5.74, 6) is 0. The second-order valence-electron chi connectivity index (χ2n) is 3.53. The van der Waals surface area contributed by atoms with E-state index in [1.807, 2.05) is 25.1 Å². The SMILES string of the molecule is Cc1conc1CNCc1ccccc1. The number of aryl methyl sites for hydroxylation is 1. The van der Waals surface area contributed by atoms with Gasteiger partial charge in [-0.2, -0.15) is 0 Å². The zero-order chi connectivity index (χ0) is 10.5. The van der Waals surface area contributed by atoms with Crippen LogP contribution in [0.5, 0.6) is 0 Å². The van der Waals surface area contributed by atoms with Crippen molar-refractivity contribution < 1.29 is 4.52 Å². The van der Waals surface area contributed by atoms with Crippen molar-refractivity contribution >= 4 is 0 Å². The van der Waals surface area contributed by atoms with E-state index in [0.717, 1.165) is 24.3 Å². The monoisotopic (exact) mass is 202 g/mol. The van der Waals surface area contributed by atoms with Crippen LogP contribution in [0.1, 0.15) is 16.8 Å². The van der Waals surface area contributed by atoms with Crippen molar-refractivity contribution in [1.29, 1.82) is 0 Å². The Morgan fingerprint density at radius 3 is 2.67 bits per heavy atom. The molecule has 15 heavy (non-hydrogen) atoms. The lowest BCUT2D eigenvalue weighted by atomic mass is 10.2. The Balaban J connectivity index is 1.83. The summed E-state index contributed by atoms with van der Waals surface area (Å²) in [6.07, 6.45) is 1.67. The fourth-order valence-electron chi connectivity index (χ4n) is 1.40. The molecule has 0 bridgehead atoms. The summed E-state index contributed by atoms with van der Waals surface area (Å²) >= 11 is 0.